The van der Waals surface area contributed by atoms with E-state index >= 15 is 0 Å². The van der Waals surface area contributed by atoms with Crippen LogP contribution in [0.5, 0.6) is 5.75 Å². The fourth-order valence-corrected chi connectivity index (χ4v) is 4.28. The first kappa shape index (κ1) is 18.7. The van der Waals surface area contributed by atoms with Crippen molar-refractivity contribution >= 4 is 61.9 Å². The Labute approximate surface area is 174 Å². The van der Waals surface area contributed by atoms with Crippen molar-refractivity contribution in [3.63, 3.8) is 0 Å². The topological polar surface area (TPSA) is 41.9 Å². The molecule has 0 unspecified atom stereocenters. The number of terminal acetylenes is 1. The van der Waals surface area contributed by atoms with E-state index in [9.17, 15) is 4.79 Å². The summed E-state index contributed by atoms with van der Waals surface area (Å²) in [6.07, 6.45) is 7.08. The number of para-hydroxylation sites is 1. The van der Waals surface area contributed by atoms with E-state index in [2.05, 4.69) is 49.5 Å². The van der Waals surface area contributed by atoms with Gasteiger partial charge in [0, 0.05) is 0 Å². The molecule has 0 saturated heterocycles. The molecule has 0 spiro atoms. The first-order valence-electron chi connectivity index (χ1n) is 7.73. The first-order chi connectivity index (χ1) is 12.5. The van der Waals surface area contributed by atoms with Gasteiger partial charge in [-0.1, -0.05) is 24.1 Å². The zero-order valence-corrected chi connectivity index (χ0v) is 17.6. The summed E-state index contributed by atoms with van der Waals surface area (Å²) in [4.78, 5) is 12.8. The molecule has 6 heteroatoms. The number of hydrazone groups is 1. The number of anilines is 1. The van der Waals surface area contributed by atoms with Crippen molar-refractivity contribution in [1.29, 1.82) is 0 Å². The second-order valence-corrected chi connectivity index (χ2v) is 7.52. The van der Waals surface area contributed by atoms with E-state index in [4.69, 9.17) is 11.2 Å². The molecule has 2 aromatic carbocycles. The van der Waals surface area contributed by atoms with Crippen molar-refractivity contribution < 1.29 is 9.53 Å². The van der Waals surface area contributed by atoms with Gasteiger partial charge in [-0.2, -0.15) is 10.1 Å². The second kappa shape index (κ2) is 8.06. The van der Waals surface area contributed by atoms with Crippen molar-refractivity contribution in [1.82, 2.24) is 0 Å². The maximum atomic E-state index is 12.8. The third kappa shape index (κ3) is 3.84. The van der Waals surface area contributed by atoms with Gasteiger partial charge in [0.15, 0.2) is 0 Å². The van der Waals surface area contributed by atoms with Gasteiger partial charge in [-0.3, -0.25) is 4.79 Å². The Morgan fingerprint density at radius 2 is 2.08 bits per heavy atom. The molecule has 1 heterocycles. The zero-order chi connectivity index (χ0) is 18.7. The highest BCUT2D eigenvalue weighted by molar-refractivity contribution is 14.1. The fourth-order valence-electron chi connectivity index (χ4n) is 2.51. The SMILES string of the molecule is C#CCOc1c(Br)cc(/C=C2/C(=O)N(c3ccccc3)N=C2C)cc1I. The van der Waals surface area contributed by atoms with Crippen LogP contribution in [0, 0.1) is 15.9 Å². The number of carbonyl (C=O) groups excluding carboxylic acids is 1. The first-order valence-corrected chi connectivity index (χ1v) is 9.60. The molecule has 1 aliphatic heterocycles. The molecule has 3 rings (SSSR count). The summed E-state index contributed by atoms with van der Waals surface area (Å²) in [5.41, 5.74) is 2.86. The Hall–Kier alpha value is -2.11. The minimum atomic E-state index is -0.146. The highest BCUT2D eigenvalue weighted by Gasteiger charge is 2.28. The van der Waals surface area contributed by atoms with Gasteiger partial charge in [-0.15, -0.1) is 6.42 Å². The Morgan fingerprint density at radius 3 is 2.73 bits per heavy atom. The van der Waals surface area contributed by atoms with E-state index in [1.54, 1.807) is 0 Å². The van der Waals surface area contributed by atoms with Gasteiger partial charge in [0.05, 0.1) is 25.0 Å². The van der Waals surface area contributed by atoms with Gasteiger partial charge in [0.1, 0.15) is 12.4 Å². The van der Waals surface area contributed by atoms with Gasteiger partial charge in [0.25, 0.3) is 5.91 Å². The Morgan fingerprint density at radius 1 is 1.35 bits per heavy atom. The average Bonchev–Trinajstić information content (AvgIpc) is 2.90. The molecule has 0 fully saturated rings. The van der Waals surface area contributed by atoms with Gasteiger partial charge in [-0.05, 0) is 81.3 Å². The molecule has 0 bridgehead atoms. The van der Waals surface area contributed by atoms with Crippen LogP contribution in [0.1, 0.15) is 12.5 Å². The summed E-state index contributed by atoms with van der Waals surface area (Å²) in [6.45, 7) is 2.03. The van der Waals surface area contributed by atoms with Crippen molar-refractivity contribution in [2.75, 3.05) is 11.6 Å². The summed E-state index contributed by atoms with van der Waals surface area (Å²) in [7, 11) is 0. The predicted molar refractivity (Wildman–Crippen MR) is 116 cm³/mol. The summed E-state index contributed by atoms with van der Waals surface area (Å²) in [6, 6.07) is 13.2. The predicted octanol–water partition coefficient (Wildman–Crippen LogP) is 4.87. The molecule has 0 atom stereocenters. The zero-order valence-electron chi connectivity index (χ0n) is 13.9. The molecule has 2 aromatic rings. The van der Waals surface area contributed by atoms with Crippen LogP contribution in [0.25, 0.3) is 6.08 Å². The molecule has 0 saturated carbocycles. The van der Waals surface area contributed by atoms with Crippen molar-refractivity contribution in [2.45, 2.75) is 6.92 Å². The van der Waals surface area contributed by atoms with Crippen LogP contribution in [0.3, 0.4) is 0 Å². The van der Waals surface area contributed by atoms with E-state index in [-0.39, 0.29) is 12.5 Å². The maximum Gasteiger partial charge on any atom is 0.280 e. The quantitative estimate of drug-likeness (QED) is 0.328. The van der Waals surface area contributed by atoms with E-state index in [1.165, 1.54) is 5.01 Å². The minimum Gasteiger partial charge on any atom is -0.479 e. The van der Waals surface area contributed by atoms with Crippen LogP contribution in [-0.4, -0.2) is 18.2 Å². The van der Waals surface area contributed by atoms with E-state index in [1.807, 2.05) is 55.5 Å². The van der Waals surface area contributed by atoms with Crippen molar-refractivity contribution in [3.05, 3.63) is 61.6 Å². The maximum absolute atomic E-state index is 12.8. The van der Waals surface area contributed by atoms with Crippen LogP contribution >= 0.6 is 38.5 Å². The lowest BCUT2D eigenvalue weighted by molar-refractivity contribution is -0.114. The number of nitrogens with zero attached hydrogens (tertiary/aromatic N) is 2. The van der Waals surface area contributed by atoms with Crippen LogP contribution < -0.4 is 9.75 Å². The molecule has 0 aliphatic carbocycles. The number of hydrogen-bond donors (Lipinski definition) is 0. The number of ether oxygens (including phenoxy) is 1. The third-order valence-corrected chi connectivity index (χ3v) is 5.09. The Balaban J connectivity index is 1.92. The van der Waals surface area contributed by atoms with Crippen LogP contribution in [-0.2, 0) is 4.79 Å². The highest BCUT2D eigenvalue weighted by atomic mass is 127. The lowest BCUT2D eigenvalue weighted by Gasteiger charge is -2.11. The molecule has 0 N–H and O–H groups in total. The second-order valence-electron chi connectivity index (χ2n) is 5.50. The Bertz CT molecular complexity index is 939. The number of amides is 1. The molecule has 4 nitrogen and oxygen atoms in total. The van der Waals surface area contributed by atoms with E-state index in [0.29, 0.717) is 17.0 Å². The Kier molecular flexibility index (Phi) is 5.79. The van der Waals surface area contributed by atoms with Crippen LogP contribution in [0.15, 0.2) is 57.6 Å². The highest BCUT2D eigenvalue weighted by Crippen LogP contribution is 2.33. The van der Waals surface area contributed by atoms with Crippen LogP contribution in [0.4, 0.5) is 5.69 Å². The summed E-state index contributed by atoms with van der Waals surface area (Å²) < 4.78 is 7.23. The van der Waals surface area contributed by atoms with Gasteiger partial charge in [-0.25, -0.2) is 0 Å². The van der Waals surface area contributed by atoms with Crippen molar-refractivity contribution in [2.24, 2.45) is 5.10 Å². The van der Waals surface area contributed by atoms with Crippen LogP contribution in [0.2, 0.25) is 0 Å². The number of hydrogen-bond acceptors (Lipinski definition) is 3. The number of benzene rings is 2. The fraction of sp³-hybridized carbons (Fsp3) is 0.100. The van der Waals surface area contributed by atoms with Crippen molar-refractivity contribution in [3.8, 4) is 18.1 Å². The third-order valence-electron chi connectivity index (χ3n) is 3.69. The summed E-state index contributed by atoms with van der Waals surface area (Å²) >= 11 is 5.69. The monoisotopic (exact) mass is 520 g/mol. The lowest BCUT2D eigenvalue weighted by Crippen LogP contribution is -2.21. The number of halogens is 2. The minimum absolute atomic E-state index is 0.146. The van der Waals surface area contributed by atoms with Gasteiger partial charge in [0.2, 0.25) is 0 Å². The summed E-state index contributed by atoms with van der Waals surface area (Å²) in [5.74, 6) is 3.00. The van der Waals surface area contributed by atoms with E-state index < -0.39 is 0 Å². The largest absolute Gasteiger partial charge is 0.479 e. The number of rotatable bonds is 4. The van der Waals surface area contributed by atoms with Gasteiger partial charge < -0.3 is 4.74 Å². The molecule has 130 valence electrons. The molecule has 0 aromatic heterocycles. The molecular weight excluding hydrogens is 507 g/mol. The molecule has 0 radical (unpaired) electrons. The smallest absolute Gasteiger partial charge is 0.280 e. The normalized spacial score (nSPS) is 15.2. The summed E-state index contributed by atoms with van der Waals surface area (Å²) in [5, 5.41) is 5.81. The molecule has 26 heavy (non-hydrogen) atoms. The standard InChI is InChI=1S/C20H14BrIN2O2/c1-3-9-26-19-17(21)11-14(12-18(19)22)10-16-13(2)23-24(20(16)25)15-7-5-4-6-8-15/h1,4-8,10-12H,9H2,2H3/b16-10+. The molecule has 1 amide bonds. The van der Waals surface area contributed by atoms with Gasteiger partial charge >= 0.3 is 0 Å². The lowest BCUT2D eigenvalue weighted by atomic mass is 10.1. The number of carbonyl (C=O) groups is 1. The molecular formula is C20H14BrIN2O2. The van der Waals surface area contributed by atoms with E-state index in [0.717, 1.165) is 19.3 Å². The average molecular weight is 521 g/mol. The molecule has 1 aliphatic rings.